The van der Waals surface area contributed by atoms with Crippen molar-refractivity contribution in [3.05, 3.63) is 45.0 Å². The topological polar surface area (TPSA) is 50.3 Å². The zero-order chi connectivity index (χ0) is 21.0. The van der Waals surface area contributed by atoms with Crippen molar-refractivity contribution in [3.8, 4) is 0 Å². The second kappa shape index (κ2) is 10.2. The normalized spacial score (nSPS) is 17.1. The van der Waals surface area contributed by atoms with E-state index in [1.54, 1.807) is 11.8 Å². The van der Waals surface area contributed by atoms with Gasteiger partial charge in [-0.05, 0) is 55.5 Å². The fraction of sp³-hybridized carbons (Fsp3) is 0.478. The number of aromatic nitrogens is 2. The molecule has 8 heteroatoms. The summed E-state index contributed by atoms with van der Waals surface area (Å²) in [6.07, 6.45) is 4.91. The Bertz CT molecular complexity index is 1030. The van der Waals surface area contributed by atoms with Crippen LogP contribution in [-0.4, -0.2) is 54.3 Å². The third kappa shape index (κ3) is 5.25. The zero-order valence-corrected chi connectivity index (χ0v) is 20.8. The summed E-state index contributed by atoms with van der Waals surface area (Å²) in [5.41, 5.74) is 1.49. The summed E-state index contributed by atoms with van der Waals surface area (Å²) in [6, 6.07) is 8.44. The lowest BCUT2D eigenvalue weighted by atomic mass is 9.97. The van der Waals surface area contributed by atoms with Gasteiger partial charge >= 0.3 is 0 Å². The van der Waals surface area contributed by atoms with Gasteiger partial charge in [-0.25, -0.2) is 9.97 Å². The van der Waals surface area contributed by atoms with Crippen LogP contribution in [0.1, 0.15) is 29.1 Å². The molecule has 164 valence electrons. The van der Waals surface area contributed by atoms with Crippen molar-refractivity contribution < 1.29 is 4.74 Å². The number of fused-ring (bicyclic) bond motifs is 3. The van der Waals surface area contributed by atoms with Crippen LogP contribution in [0.4, 0.5) is 5.82 Å². The van der Waals surface area contributed by atoms with Crippen LogP contribution in [0.5, 0.6) is 0 Å². The van der Waals surface area contributed by atoms with Crippen molar-refractivity contribution in [2.45, 2.75) is 36.3 Å². The van der Waals surface area contributed by atoms with E-state index in [-0.39, 0.29) is 0 Å². The fourth-order valence-electron chi connectivity index (χ4n) is 4.23. The maximum atomic E-state index is 5.47. The summed E-state index contributed by atoms with van der Waals surface area (Å²) in [7, 11) is 0. The molecule has 3 aromatic rings. The number of benzene rings is 1. The highest BCUT2D eigenvalue weighted by Crippen LogP contribution is 2.39. The van der Waals surface area contributed by atoms with Gasteiger partial charge in [0.2, 0.25) is 0 Å². The molecule has 0 spiro atoms. The molecule has 3 heterocycles. The largest absolute Gasteiger partial charge is 0.379 e. The van der Waals surface area contributed by atoms with E-state index >= 15 is 0 Å². The summed E-state index contributed by atoms with van der Waals surface area (Å²) in [5, 5.41) is 4.95. The molecule has 0 unspecified atom stereocenters. The van der Waals surface area contributed by atoms with Gasteiger partial charge in [-0.15, -0.1) is 23.1 Å². The molecule has 2 aromatic heterocycles. The van der Waals surface area contributed by atoms with Crippen molar-refractivity contribution in [2.24, 2.45) is 0 Å². The number of thioether (sulfide) groups is 1. The van der Waals surface area contributed by atoms with Gasteiger partial charge in [0.15, 0.2) is 0 Å². The molecule has 0 bridgehead atoms. The number of morpholine rings is 1. The summed E-state index contributed by atoms with van der Waals surface area (Å²) >= 11 is 7.18. The zero-order valence-electron chi connectivity index (χ0n) is 17.5. The first-order valence-corrected chi connectivity index (χ1v) is 13.6. The van der Waals surface area contributed by atoms with E-state index < -0.39 is 0 Å². The Kier molecular flexibility index (Phi) is 7.10. The third-order valence-electron chi connectivity index (χ3n) is 5.87. The quantitative estimate of drug-likeness (QED) is 0.424. The maximum absolute atomic E-state index is 5.47. The highest BCUT2D eigenvalue weighted by molar-refractivity contribution is 9.10. The number of hydrogen-bond donors (Lipinski definition) is 1. The molecular formula is C23H27BrN4OS2. The number of thiophene rings is 1. The van der Waals surface area contributed by atoms with Gasteiger partial charge in [0.25, 0.3) is 0 Å². The van der Waals surface area contributed by atoms with E-state index in [2.05, 4.69) is 50.4 Å². The molecule has 5 rings (SSSR count). The van der Waals surface area contributed by atoms with Crippen molar-refractivity contribution >= 4 is 55.1 Å². The van der Waals surface area contributed by atoms with Crippen LogP contribution in [0.15, 0.2) is 33.6 Å². The Morgan fingerprint density at radius 3 is 2.74 bits per heavy atom. The first-order valence-electron chi connectivity index (χ1n) is 11.0. The van der Waals surface area contributed by atoms with E-state index in [0.29, 0.717) is 0 Å². The predicted octanol–water partition coefficient (Wildman–Crippen LogP) is 5.37. The lowest BCUT2D eigenvalue weighted by Gasteiger charge is -2.26. The minimum Gasteiger partial charge on any atom is -0.379 e. The molecule has 1 fully saturated rings. The number of ether oxygens (including phenoxy) is 1. The highest BCUT2D eigenvalue weighted by Gasteiger charge is 2.21. The van der Waals surface area contributed by atoms with E-state index in [4.69, 9.17) is 14.7 Å². The van der Waals surface area contributed by atoms with Crippen molar-refractivity contribution in [3.63, 3.8) is 0 Å². The number of anilines is 1. The van der Waals surface area contributed by atoms with Crippen LogP contribution >= 0.6 is 39.0 Å². The SMILES string of the molecule is Brc1ccc(SCc2nc(NCCN3CCOCC3)c3c4c(sc3n2)CCCC4)cc1. The van der Waals surface area contributed by atoms with Crippen molar-refractivity contribution in [1.29, 1.82) is 0 Å². The number of aryl methyl sites for hydroxylation is 2. The highest BCUT2D eigenvalue weighted by atomic mass is 79.9. The van der Waals surface area contributed by atoms with Gasteiger partial charge < -0.3 is 10.1 Å². The van der Waals surface area contributed by atoms with Crippen LogP contribution in [0.3, 0.4) is 0 Å². The van der Waals surface area contributed by atoms with Gasteiger partial charge in [0, 0.05) is 40.4 Å². The van der Waals surface area contributed by atoms with Gasteiger partial charge in [0.1, 0.15) is 16.5 Å². The number of nitrogens with zero attached hydrogens (tertiary/aromatic N) is 3. The van der Waals surface area contributed by atoms with Gasteiger partial charge in [0.05, 0.1) is 24.4 Å². The van der Waals surface area contributed by atoms with Crippen LogP contribution in [0.25, 0.3) is 10.2 Å². The molecule has 1 aliphatic carbocycles. The maximum Gasteiger partial charge on any atom is 0.142 e. The lowest BCUT2D eigenvalue weighted by Crippen LogP contribution is -2.39. The Morgan fingerprint density at radius 1 is 1.10 bits per heavy atom. The molecule has 1 aromatic carbocycles. The van der Waals surface area contributed by atoms with Gasteiger partial charge in [-0.2, -0.15) is 0 Å². The Hall–Kier alpha value is -1.19. The summed E-state index contributed by atoms with van der Waals surface area (Å²) in [6.45, 7) is 5.63. The summed E-state index contributed by atoms with van der Waals surface area (Å²) in [4.78, 5) is 16.4. The second-order valence-electron chi connectivity index (χ2n) is 8.00. The molecule has 0 saturated carbocycles. The van der Waals surface area contributed by atoms with Crippen molar-refractivity contribution in [2.75, 3.05) is 44.7 Å². The summed E-state index contributed by atoms with van der Waals surface area (Å²) in [5.74, 6) is 2.72. The van der Waals surface area contributed by atoms with Gasteiger partial charge in [-0.1, -0.05) is 15.9 Å². The van der Waals surface area contributed by atoms with E-state index in [0.717, 1.165) is 72.5 Å². The monoisotopic (exact) mass is 518 g/mol. The molecule has 0 atom stereocenters. The molecule has 0 amide bonds. The smallest absolute Gasteiger partial charge is 0.142 e. The molecule has 5 nitrogen and oxygen atoms in total. The molecule has 31 heavy (non-hydrogen) atoms. The van der Waals surface area contributed by atoms with Gasteiger partial charge in [-0.3, -0.25) is 4.90 Å². The molecule has 1 aliphatic heterocycles. The molecule has 0 radical (unpaired) electrons. The Labute approximate surface area is 200 Å². The second-order valence-corrected chi connectivity index (χ2v) is 11.1. The number of halogens is 1. The first-order chi connectivity index (χ1) is 15.3. The molecule has 1 saturated heterocycles. The first kappa shape index (κ1) is 21.6. The average molecular weight is 520 g/mol. The lowest BCUT2D eigenvalue weighted by molar-refractivity contribution is 0.0398. The van der Waals surface area contributed by atoms with Crippen molar-refractivity contribution in [1.82, 2.24) is 14.9 Å². The molecular weight excluding hydrogens is 492 g/mol. The minimum atomic E-state index is 0.776. The van der Waals surface area contributed by atoms with Crippen LogP contribution in [-0.2, 0) is 23.3 Å². The summed E-state index contributed by atoms with van der Waals surface area (Å²) < 4.78 is 6.58. The third-order valence-corrected chi connectivity index (χ3v) is 8.59. The molecule has 2 aliphatic rings. The van der Waals surface area contributed by atoms with E-state index in [9.17, 15) is 0 Å². The number of nitrogens with one attached hydrogen (secondary N) is 1. The average Bonchev–Trinajstić information content (AvgIpc) is 3.18. The number of hydrogen-bond acceptors (Lipinski definition) is 7. The van der Waals surface area contributed by atoms with Crippen LogP contribution in [0.2, 0.25) is 0 Å². The standard InChI is InChI=1S/C23H27BrN4OS2/c24-16-5-7-17(8-6-16)30-15-20-26-22(25-9-10-28-11-13-29-14-12-28)21-18-3-1-2-4-19(18)31-23(21)27-20/h5-8H,1-4,9-15H2,(H,25,26,27). The Morgan fingerprint density at radius 2 is 1.90 bits per heavy atom. The van der Waals surface area contributed by atoms with Crippen LogP contribution < -0.4 is 5.32 Å². The minimum absolute atomic E-state index is 0.776. The molecule has 1 N–H and O–H groups in total. The van der Waals surface area contributed by atoms with Crippen LogP contribution in [0, 0.1) is 0 Å². The fourth-order valence-corrected chi connectivity index (χ4v) is 6.53. The Balaban J connectivity index is 1.37. The number of rotatable bonds is 7. The predicted molar refractivity (Wildman–Crippen MR) is 134 cm³/mol. The van der Waals surface area contributed by atoms with E-state index in [1.165, 1.54) is 40.0 Å². The van der Waals surface area contributed by atoms with E-state index in [1.807, 2.05) is 11.3 Å².